The number of ether oxygens (including phenoxy) is 6. The third-order valence-corrected chi connectivity index (χ3v) is 18.2. The molecule has 1 N–H and O–H groups in total. The van der Waals surface area contributed by atoms with Crippen molar-refractivity contribution in [3.8, 4) is 34.5 Å². The lowest BCUT2D eigenvalue weighted by Crippen LogP contribution is -2.11. The van der Waals surface area contributed by atoms with Gasteiger partial charge in [-0.2, -0.15) is 0 Å². The number of aromatic nitrogens is 2. The summed E-state index contributed by atoms with van der Waals surface area (Å²) in [6.45, 7) is 20.3. The molecule has 0 radical (unpaired) electrons. The molecule has 0 saturated carbocycles. The molecule has 468 valence electrons. The van der Waals surface area contributed by atoms with E-state index in [1.165, 1.54) is 0 Å². The second-order valence-electron chi connectivity index (χ2n) is 24.5. The molecule has 0 amide bonds. The van der Waals surface area contributed by atoms with E-state index in [0.29, 0.717) is 138 Å². The number of pyridine rings is 1. The molecule has 2 aromatic heterocycles. The van der Waals surface area contributed by atoms with Gasteiger partial charge in [0.1, 0.15) is 45.9 Å². The van der Waals surface area contributed by atoms with Crippen molar-refractivity contribution in [1.29, 1.82) is 0 Å². The second kappa shape index (κ2) is 26.1. The Hall–Kier alpha value is -9.43. The Morgan fingerprint density at radius 1 is 0.348 bits per heavy atom. The number of fused-ring (bicyclic) bond motifs is 23. The fourth-order valence-electron chi connectivity index (χ4n) is 13.5. The number of aryl methyl sites for hydroxylation is 2. The Morgan fingerprint density at radius 2 is 0.728 bits per heavy atom. The Bertz CT molecular complexity index is 4800. The van der Waals surface area contributed by atoms with E-state index in [4.69, 9.17) is 63.4 Å². The molecule has 0 unspecified atom stereocenters. The molecule has 14 heteroatoms. The van der Waals surface area contributed by atoms with Gasteiger partial charge in [-0.3, -0.25) is 4.98 Å². The molecule has 8 aromatic carbocycles. The zero-order valence-electron chi connectivity index (χ0n) is 54.3. The predicted octanol–water partition coefficient (Wildman–Crippen LogP) is 19.4. The molecule has 92 heavy (non-hydrogen) atoms. The number of hydrogen-bond acceptors (Lipinski definition) is 13. The Balaban J connectivity index is 1.18. The molecule has 0 spiro atoms. The summed E-state index contributed by atoms with van der Waals surface area (Å²) in [4.78, 5) is 43.9. The molecular formula is C78H80N8O6. The van der Waals surface area contributed by atoms with Gasteiger partial charge in [-0.25, -0.2) is 30.0 Å². The third kappa shape index (κ3) is 10.5. The molecule has 8 bridgehead atoms. The number of aromatic amines is 1. The van der Waals surface area contributed by atoms with E-state index in [-0.39, 0.29) is 0 Å². The van der Waals surface area contributed by atoms with Crippen LogP contribution in [0.2, 0.25) is 0 Å². The van der Waals surface area contributed by atoms with Crippen LogP contribution >= 0.6 is 0 Å². The van der Waals surface area contributed by atoms with E-state index in [2.05, 4.69) is 151 Å². The molecule has 4 aliphatic rings. The average molecular weight is 1230 g/mol. The Morgan fingerprint density at radius 3 is 1.24 bits per heavy atom. The van der Waals surface area contributed by atoms with Gasteiger partial charge in [0.05, 0.1) is 78.7 Å². The number of rotatable bonds is 24. The van der Waals surface area contributed by atoms with Gasteiger partial charge in [0, 0.05) is 56.1 Å². The summed E-state index contributed by atoms with van der Waals surface area (Å²) in [5.41, 5.74) is 8.77. The molecule has 10 aromatic rings. The minimum absolute atomic E-state index is 0.301. The summed E-state index contributed by atoms with van der Waals surface area (Å²) >= 11 is 0. The van der Waals surface area contributed by atoms with Crippen LogP contribution in [0.15, 0.2) is 133 Å². The van der Waals surface area contributed by atoms with Crippen molar-refractivity contribution in [1.82, 2.24) is 9.97 Å². The smallest absolute Gasteiger partial charge is 0.168 e. The maximum atomic E-state index is 7.25. The van der Waals surface area contributed by atoms with Crippen molar-refractivity contribution < 1.29 is 28.4 Å². The van der Waals surface area contributed by atoms with Gasteiger partial charge in [-0.1, -0.05) is 153 Å². The normalized spacial score (nSPS) is 13.9. The van der Waals surface area contributed by atoms with Gasteiger partial charge in [0.25, 0.3) is 0 Å². The number of benzene rings is 8. The maximum absolute atomic E-state index is 7.25. The lowest BCUT2D eigenvalue weighted by molar-refractivity contribution is 0.305. The molecular weight excluding hydrogens is 1140 g/mol. The van der Waals surface area contributed by atoms with Crippen LogP contribution in [0.4, 0.5) is 11.6 Å². The van der Waals surface area contributed by atoms with Crippen molar-refractivity contribution in [2.45, 2.75) is 139 Å². The molecule has 0 atom stereocenters. The van der Waals surface area contributed by atoms with Crippen LogP contribution in [0.25, 0.3) is 64.8 Å². The number of amidine groups is 4. The third-order valence-electron chi connectivity index (χ3n) is 18.2. The van der Waals surface area contributed by atoms with Gasteiger partial charge in [0.15, 0.2) is 29.1 Å². The summed E-state index contributed by atoms with van der Waals surface area (Å²) in [7, 11) is 0. The fraction of sp³-hybridized carbons (Fsp3) is 0.346. The van der Waals surface area contributed by atoms with Crippen LogP contribution in [0.3, 0.4) is 0 Å². The van der Waals surface area contributed by atoms with Crippen molar-refractivity contribution >= 4 is 111 Å². The highest BCUT2D eigenvalue weighted by atomic mass is 16.5. The first kappa shape index (κ1) is 60.2. The zero-order chi connectivity index (χ0) is 63.0. The van der Waals surface area contributed by atoms with E-state index < -0.39 is 0 Å². The Kier molecular flexibility index (Phi) is 17.0. The van der Waals surface area contributed by atoms with Crippen LogP contribution in [0.1, 0.15) is 170 Å². The SMILES string of the molecule is CCCCOc1c2c(c(C)c3ccccc13)C1=NC3=NC(=Nc4[nH]c(c5c(OCCCC)c6ccccc6c(C)c45)N=C4N=C(N=C2C1)c1c4c(OCCCC)c2cc4ccccc4cc2c1OCCCC)c1c3c(OCCCC)c2cccnc2c1OCCCC. The quantitative estimate of drug-likeness (QED) is 0.0466. The number of nitrogens with one attached hydrogen (secondary N) is 1. The second-order valence-corrected chi connectivity index (χ2v) is 24.5. The van der Waals surface area contributed by atoms with Crippen molar-refractivity contribution in [2.24, 2.45) is 30.0 Å². The largest absolute Gasteiger partial charge is 0.492 e. The van der Waals surface area contributed by atoms with Crippen molar-refractivity contribution in [3.63, 3.8) is 0 Å². The lowest BCUT2D eigenvalue weighted by Gasteiger charge is -2.20. The summed E-state index contributed by atoms with van der Waals surface area (Å²) < 4.78 is 42.8. The first-order valence-electron chi connectivity index (χ1n) is 33.7. The maximum Gasteiger partial charge on any atom is 0.168 e. The fourth-order valence-corrected chi connectivity index (χ4v) is 13.5. The first-order valence-corrected chi connectivity index (χ1v) is 33.7. The molecule has 3 aliphatic heterocycles. The van der Waals surface area contributed by atoms with Crippen LogP contribution in [-0.2, 0) is 0 Å². The predicted molar refractivity (Wildman–Crippen MR) is 378 cm³/mol. The van der Waals surface area contributed by atoms with Crippen LogP contribution in [-0.4, -0.2) is 84.4 Å². The van der Waals surface area contributed by atoms with Crippen LogP contribution in [0.5, 0.6) is 34.5 Å². The molecule has 0 fully saturated rings. The summed E-state index contributed by atoms with van der Waals surface area (Å²) in [5.74, 6) is 6.72. The first-order chi connectivity index (χ1) is 45.3. The monoisotopic (exact) mass is 1220 g/mol. The highest BCUT2D eigenvalue weighted by Crippen LogP contribution is 2.53. The number of nitrogens with zero attached hydrogens (tertiary/aromatic N) is 7. The Labute approximate surface area is 537 Å². The van der Waals surface area contributed by atoms with E-state index in [1.807, 2.05) is 12.3 Å². The molecule has 14 rings (SSSR count). The van der Waals surface area contributed by atoms with Gasteiger partial charge < -0.3 is 33.4 Å². The summed E-state index contributed by atoms with van der Waals surface area (Å²) in [6, 6.07) is 34.0. The van der Waals surface area contributed by atoms with E-state index >= 15 is 0 Å². The van der Waals surface area contributed by atoms with Crippen LogP contribution in [0, 0.1) is 13.8 Å². The van der Waals surface area contributed by atoms with Crippen molar-refractivity contribution in [3.05, 3.63) is 148 Å². The zero-order valence-corrected chi connectivity index (χ0v) is 54.3. The number of aliphatic imine (C=N–C) groups is 6. The minimum Gasteiger partial charge on any atom is -0.492 e. The molecule has 5 heterocycles. The molecule has 0 saturated heterocycles. The highest BCUT2D eigenvalue weighted by Gasteiger charge is 2.40. The number of hydrogen-bond donors (Lipinski definition) is 1. The summed E-state index contributed by atoms with van der Waals surface area (Å²) in [5, 5.41) is 10.4. The lowest BCUT2D eigenvalue weighted by atomic mass is 9.94. The summed E-state index contributed by atoms with van der Waals surface area (Å²) in [6.07, 6.45) is 12.8. The van der Waals surface area contributed by atoms with Crippen molar-refractivity contribution in [2.75, 3.05) is 39.6 Å². The average Bonchev–Trinajstić information content (AvgIpc) is 1.52. The minimum atomic E-state index is 0.301. The molecule has 14 nitrogen and oxygen atoms in total. The van der Waals surface area contributed by atoms with Gasteiger partial charge in [0.2, 0.25) is 0 Å². The van der Waals surface area contributed by atoms with Gasteiger partial charge >= 0.3 is 0 Å². The highest BCUT2D eigenvalue weighted by molar-refractivity contribution is 6.39. The van der Waals surface area contributed by atoms with E-state index in [9.17, 15) is 0 Å². The number of unbranched alkanes of at least 4 members (excludes halogenated alkanes) is 6. The van der Waals surface area contributed by atoms with E-state index in [1.54, 1.807) is 0 Å². The van der Waals surface area contributed by atoms with E-state index in [0.717, 1.165) is 176 Å². The molecule has 1 aliphatic carbocycles. The van der Waals surface area contributed by atoms with Gasteiger partial charge in [-0.15, -0.1) is 0 Å². The topological polar surface area (TPSA) is 158 Å². The standard InChI is InChI=1S/C78H80N8O6/c1-9-15-36-87-67-51-32-25-23-30-49(51)45(7)58-56-44-57(60(58)67)81-74-62-63(71(91-40-19-13-5)55-43-48-29-22-21-28-47(48)42-54(55)70(62)90-39-18-12-4)77(84-74)86-76-61-59(46(8)50-31-24-26-33-52(50)68(61)88-37-16-10-2)73(82-76)83-78-65-64(75(80-56)85-78)69(89-38-17-11-3)53-34-27-35-79-66(53)72(65)92-41-20-14-6/h21-35,42-43H,9-20,36-41,44H2,1-8H3,(H,80,81,82,83,84,85,86). The number of H-pyrrole nitrogens is 1. The van der Waals surface area contributed by atoms with Crippen LogP contribution < -0.4 is 28.4 Å². The van der Waals surface area contributed by atoms with Gasteiger partial charge in [-0.05, 0) is 109 Å².